The van der Waals surface area contributed by atoms with Crippen LogP contribution < -0.4 is 5.46 Å². The zero-order chi connectivity index (χ0) is 23.2. The van der Waals surface area contributed by atoms with Crippen molar-refractivity contribution in [3.8, 4) is 11.1 Å². The van der Waals surface area contributed by atoms with Gasteiger partial charge in [0.25, 0.3) is 0 Å². The molecular formula is C30H28BO2. The molecule has 163 valence electrons. The fraction of sp³-hybridized carbons (Fsp3) is 0.200. The minimum atomic E-state index is -0.955. The lowest BCUT2D eigenvalue weighted by molar-refractivity contribution is -0.0893. The first kappa shape index (κ1) is 21.7. The van der Waals surface area contributed by atoms with E-state index >= 15 is 0 Å². The Bertz CT molecular complexity index is 1440. The average molecular weight is 431 g/mol. The summed E-state index contributed by atoms with van der Waals surface area (Å²) in [5.74, 6) is 0. The van der Waals surface area contributed by atoms with Gasteiger partial charge in [-0.3, -0.25) is 0 Å². The molecule has 0 aliphatic heterocycles. The van der Waals surface area contributed by atoms with Crippen LogP contribution in [-0.4, -0.2) is 23.8 Å². The van der Waals surface area contributed by atoms with Gasteiger partial charge in [0.05, 0.1) is 11.2 Å². The topological polar surface area (TPSA) is 29.5 Å². The van der Waals surface area contributed by atoms with Gasteiger partial charge in [0.1, 0.15) is 0 Å². The summed E-state index contributed by atoms with van der Waals surface area (Å²) >= 11 is 0. The first-order valence-corrected chi connectivity index (χ1v) is 11.4. The monoisotopic (exact) mass is 431 g/mol. The molecular weight excluding hydrogens is 403 g/mol. The summed E-state index contributed by atoms with van der Waals surface area (Å²) in [6.45, 7) is 7.32. The molecule has 0 saturated carbocycles. The van der Waals surface area contributed by atoms with Crippen molar-refractivity contribution >= 4 is 45.3 Å². The van der Waals surface area contributed by atoms with E-state index in [1.54, 1.807) is 21.3 Å². The Morgan fingerprint density at radius 2 is 1.09 bits per heavy atom. The van der Waals surface area contributed by atoms with Crippen LogP contribution in [0.3, 0.4) is 0 Å². The Morgan fingerprint density at radius 3 is 1.67 bits per heavy atom. The van der Waals surface area contributed by atoms with Gasteiger partial charge in [-0.25, -0.2) is 0 Å². The van der Waals surface area contributed by atoms with Crippen LogP contribution in [0.5, 0.6) is 0 Å². The van der Waals surface area contributed by atoms with E-state index in [2.05, 4.69) is 78.9 Å². The van der Waals surface area contributed by atoms with E-state index in [4.69, 9.17) is 4.65 Å². The molecule has 0 aliphatic rings. The van der Waals surface area contributed by atoms with Crippen molar-refractivity contribution < 1.29 is 9.76 Å². The minimum Gasteiger partial charge on any atom is -0.427 e. The van der Waals surface area contributed by atoms with Gasteiger partial charge in [0.2, 0.25) is 0 Å². The van der Waals surface area contributed by atoms with Crippen LogP contribution in [-0.2, 0) is 4.65 Å². The third-order valence-corrected chi connectivity index (χ3v) is 6.93. The smallest absolute Gasteiger partial charge is 0.330 e. The first-order chi connectivity index (χ1) is 15.7. The van der Waals surface area contributed by atoms with E-state index in [-0.39, 0.29) is 0 Å². The normalized spacial score (nSPS) is 12.5. The molecule has 5 aromatic rings. The SMILES string of the molecule is CC(C)(O)C(C)(C)O[B]c1cccc(-c2ccc3c4ccccc4c4ccccc4c3c2)c1. The van der Waals surface area contributed by atoms with Crippen LogP contribution >= 0.6 is 0 Å². The maximum absolute atomic E-state index is 10.4. The molecule has 0 unspecified atom stereocenters. The molecule has 0 fully saturated rings. The van der Waals surface area contributed by atoms with E-state index in [9.17, 15) is 5.11 Å². The van der Waals surface area contributed by atoms with E-state index in [1.165, 1.54) is 37.9 Å². The molecule has 0 saturated heterocycles. The highest BCUT2D eigenvalue weighted by Gasteiger charge is 2.35. The molecule has 1 N–H and O–H groups in total. The number of fused-ring (bicyclic) bond motifs is 6. The van der Waals surface area contributed by atoms with Gasteiger partial charge in [-0.05, 0) is 77.2 Å². The van der Waals surface area contributed by atoms with Gasteiger partial charge >= 0.3 is 7.48 Å². The predicted octanol–water partition coefficient (Wildman–Crippen LogP) is 6.62. The van der Waals surface area contributed by atoms with Gasteiger partial charge < -0.3 is 9.76 Å². The molecule has 5 aromatic carbocycles. The highest BCUT2D eigenvalue weighted by molar-refractivity contribution is 6.47. The summed E-state index contributed by atoms with van der Waals surface area (Å²) < 4.78 is 5.97. The average Bonchev–Trinajstić information content (AvgIpc) is 2.82. The Labute approximate surface area is 196 Å². The zero-order valence-electron chi connectivity index (χ0n) is 19.6. The number of aliphatic hydroxyl groups is 1. The van der Waals surface area contributed by atoms with E-state index < -0.39 is 11.2 Å². The summed E-state index contributed by atoms with van der Waals surface area (Å²) in [6, 6.07) is 32.3. The molecule has 2 nitrogen and oxygen atoms in total. The molecule has 0 heterocycles. The molecule has 0 atom stereocenters. The molecule has 0 aliphatic carbocycles. The maximum atomic E-state index is 10.4. The van der Waals surface area contributed by atoms with Crippen LogP contribution in [0.2, 0.25) is 0 Å². The Hall–Kier alpha value is -3.14. The fourth-order valence-corrected chi connectivity index (χ4v) is 4.24. The van der Waals surface area contributed by atoms with Crippen molar-refractivity contribution in [2.45, 2.75) is 38.9 Å². The lowest BCUT2D eigenvalue weighted by atomic mass is 9.81. The third-order valence-electron chi connectivity index (χ3n) is 6.93. The van der Waals surface area contributed by atoms with Crippen LogP contribution in [0.4, 0.5) is 0 Å². The summed E-state index contributed by atoms with van der Waals surface area (Å²) in [7, 11) is 1.74. The Balaban J connectivity index is 1.58. The van der Waals surface area contributed by atoms with Gasteiger partial charge in [-0.15, -0.1) is 0 Å². The van der Waals surface area contributed by atoms with Crippen LogP contribution in [0.1, 0.15) is 27.7 Å². The van der Waals surface area contributed by atoms with Crippen molar-refractivity contribution in [3.05, 3.63) is 91.0 Å². The van der Waals surface area contributed by atoms with Crippen molar-refractivity contribution in [1.29, 1.82) is 0 Å². The van der Waals surface area contributed by atoms with Gasteiger partial charge in [-0.1, -0.05) is 90.4 Å². The summed E-state index contributed by atoms with van der Waals surface area (Å²) in [6.07, 6.45) is 0. The Kier molecular flexibility index (Phi) is 5.27. The highest BCUT2D eigenvalue weighted by Crippen LogP contribution is 2.36. The summed E-state index contributed by atoms with van der Waals surface area (Å²) in [5, 5.41) is 18.0. The largest absolute Gasteiger partial charge is 0.427 e. The van der Waals surface area contributed by atoms with Gasteiger partial charge in [0.15, 0.2) is 0 Å². The molecule has 0 amide bonds. The molecule has 0 spiro atoms. The van der Waals surface area contributed by atoms with E-state index in [1.807, 2.05) is 26.0 Å². The van der Waals surface area contributed by atoms with Crippen molar-refractivity contribution in [2.24, 2.45) is 0 Å². The number of rotatable bonds is 5. The van der Waals surface area contributed by atoms with Gasteiger partial charge in [-0.2, -0.15) is 0 Å². The number of benzene rings is 5. The number of hydrogen-bond donors (Lipinski definition) is 1. The second-order valence-corrected chi connectivity index (χ2v) is 9.78. The summed E-state index contributed by atoms with van der Waals surface area (Å²) in [4.78, 5) is 0. The first-order valence-electron chi connectivity index (χ1n) is 11.4. The van der Waals surface area contributed by atoms with Gasteiger partial charge in [0, 0.05) is 0 Å². The molecule has 5 rings (SSSR count). The van der Waals surface area contributed by atoms with E-state index in [0.717, 1.165) is 11.0 Å². The lowest BCUT2D eigenvalue weighted by Gasteiger charge is -2.37. The standard InChI is InChI=1S/C30H28BO2/c1-29(2,32)30(3,4)33-31-22-11-9-10-20(18-22)21-16-17-27-25-14-6-5-12-23(25)24-13-7-8-15-26(24)28(27)19-21/h5-19,32H,1-4H3. The fourth-order valence-electron chi connectivity index (χ4n) is 4.24. The van der Waals surface area contributed by atoms with Crippen molar-refractivity contribution in [1.82, 2.24) is 0 Å². The van der Waals surface area contributed by atoms with Crippen molar-refractivity contribution in [3.63, 3.8) is 0 Å². The van der Waals surface area contributed by atoms with E-state index in [0.29, 0.717) is 0 Å². The molecule has 33 heavy (non-hydrogen) atoms. The number of hydrogen-bond acceptors (Lipinski definition) is 2. The molecule has 1 radical (unpaired) electrons. The Morgan fingerprint density at radius 1 is 0.576 bits per heavy atom. The second kappa shape index (κ2) is 8.02. The zero-order valence-corrected chi connectivity index (χ0v) is 19.6. The molecule has 0 bridgehead atoms. The molecule has 0 aromatic heterocycles. The second-order valence-electron chi connectivity index (χ2n) is 9.78. The van der Waals surface area contributed by atoms with Crippen molar-refractivity contribution in [2.75, 3.05) is 0 Å². The third kappa shape index (κ3) is 3.92. The minimum absolute atomic E-state index is 0.702. The van der Waals surface area contributed by atoms with Crippen LogP contribution in [0, 0.1) is 0 Å². The highest BCUT2D eigenvalue weighted by atomic mass is 16.5. The maximum Gasteiger partial charge on any atom is 0.330 e. The predicted molar refractivity (Wildman–Crippen MR) is 141 cm³/mol. The molecule has 3 heteroatoms. The summed E-state index contributed by atoms with van der Waals surface area (Å²) in [5.41, 5.74) is 1.61. The lowest BCUT2D eigenvalue weighted by Crippen LogP contribution is -2.49. The quantitative estimate of drug-likeness (QED) is 0.250. The van der Waals surface area contributed by atoms with Crippen LogP contribution in [0.25, 0.3) is 43.4 Å². The van der Waals surface area contributed by atoms with Crippen LogP contribution in [0.15, 0.2) is 91.0 Å².